The van der Waals surface area contributed by atoms with Crippen molar-refractivity contribution in [3.63, 3.8) is 0 Å². The van der Waals surface area contributed by atoms with Crippen LogP contribution in [0.25, 0.3) is 11.0 Å². The highest BCUT2D eigenvalue weighted by Gasteiger charge is 2.22. The maximum atomic E-state index is 12.7. The van der Waals surface area contributed by atoms with Gasteiger partial charge >= 0.3 is 11.9 Å². The molecule has 0 aliphatic carbocycles. The molecule has 0 fully saturated rings. The first kappa shape index (κ1) is 27.5. The lowest BCUT2D eigenvalue weighted by Crippen LogP contribution is -2.41. The fourth-order valence-corrected chi connectivity index (χ4v) is 4.07. The van der Waals surface area contributed by atoms with Crippen LogP contribution in [0.15, 0.2) is 48.9 Å². The third kappa shape index (κ3) is 6.66. The van der Waals surface area contributed by atoms with Gasteiger partial charge in [0.15, 0.2) is 0 Å². The summed E-state index contributed by atoms with van der Waals surface area (Å²) in [6, 6.07) is 6.63. The predicted molar refractivity (Wildman–Crippen MR) is 145 cm³/mol. The van der Waals surface area contributed by atoms with Crippen LogP contribution in [0.4, 0.5) is 17.5 Å². The Morgan fingerprint density at radius 1 is 0.975 bits per heavy atom. The molecule has 0 spiro atoms. The zero-order valence-electron chi connectivity index (χ0n) is 21.0. The Kier molecular flexibility index (Phi) is 8.18. The maximum Gasteiger partial charge on any atom is 0.337 e. The number of nitrogens with one attached hydrogen (secondary N) is 3. The van der Waals surface area contributed by atoms with Crippen molar-refractivity contribution < 1.29 is 29.4 Å². The van der Waals surface area contributed by atoms with Gasteiger partial charge in [-0.15, -0.1) is 0 Å². The van der Waals surface area contributed by atoms with Crippen LogP contribution in [0, 0.1) is 0 Å². The molecule has 0 bridgehead atoms. The maximum absolute atomic E-state index is 12.7. The average molecular weight is 547 g/mol. The number of aliphatic carboxylic acids is 1. The van der Waals surface area contributed by atoms with Crippen LogP contribution in [-0.4, -0.2) is 59.9 Å². The number of H-pyrrole nitrogens is 1. The molecule has 9 N–H and O–H groups in total. The number of carboxylic acid groups (broad SMARTS) is 2. The van der Waals surface area contributed by atoms with Crippen molar-refractivity contribution in [3.05, 3.63) is 71.2 Å². The van der Waals surface area contributed by atoms with Crippen molar-refractivity contribution in [3.8, 4) is 0 Å². The number of benzene rings is 1. The van der Waals surface area contributed by atoms with E-state index < -0.39 is 29.8 Å². The lowest BCUT2D eigenvalue weighted by atomic mass is 10.0. The minimum Gasteiger partial charge on any atom is -0.480 e. The standard InChI is InChI=1S/C26H26N8O6/c27-21-20-15(11-30-22(20)34-26(28)33-21)6-3-13-1-4-14(5-2-13)23(36)32-18(25(39)40)7-8-19(35)31-17-9-16(24(37)38)10-29-12-17/h1-2,4-5,9-12,18H,3,6-8H2,(H,31,35)(H,32,36)(H,37,38)(H,39,40)(H5,27,28,30,33,34)/t18-/m0/s1. The molecule has 3 heterocycles. The third-order valence-corrected chi connectivity index (χ3v) is 6.09. The fourth-order valence-electron chi connectivity index (χ4n) is 4.07. The lowest BCUT2D eigenvalue weighted by Gasteiger charge is -2.15. The number of carbonyl (C=O) groups excluding carboxylic acids is 2. The Bertz CT molecular complexity index is 1580. The minimum atomic E-state index is -1.31. The molecule has 40 heavy (non-hydrogen) atoms. The smallest absolute Gasteiger partial charge is 0.337 e. The summed E-state index contributed by atoms with van der Waals surface area (Å²) in [5.41, 5.74) is 14.4. The van der Waals surface area contributed by atoms with Crippen molar-refractivity contribution >= 4 is 52.2 Å². The first-order chi connectivity index (χ1) is 19.1. The molecule has 0 aliphatic heterocycles. The molecule has 0 unspecified atom stereocenters. The number of aromatic nitrogens is 4. The van der Waals surface area contributed by atoms with Crippen molar-refractivity contribution in [1.29, 1.82) is 0 Å². The van der Waals surface area contributed by atoms with Gasteiger partial charge in [0.2, 0.25) is 11.9 Å². The molecule has 206 valence electrons. The van der Waals surface area contributed by atoms with E-state index in [9.17, 15) is 24.3 Å². The topological polar surface area (TPSA) is 239 Å². The van der Waals surface area contributed by atoms with Crippen LogP contribution in [0.1, 0.15) is 44.7 Å². The summed E-state index contributed by atoms with van der Waals surface area (Å²) < 4.78 is 0. The SMILES string of the molecule is Nc1nc(N)c2c(CCc3ccc(C(=O)N[C@@H](CCC(=O)Nc4cncc(C(=O)O)c4)C(=O)O)cc3)c[nH]c2n1. The zero-order valence-corrected chi connectivity index (χ0v) is 21.0. The number of aromatic carboxylic acids is 1. The monoisotopic (exact) mass is 546 g/mol. The second kappa shape index (κ2) is 11.9. The van der Waals surface area contributed by atoms with Crippen molar-refractivity contribution in [2.45, 2.75) is 31.7 Å². The average Bonchev–Trinajstić information content (AvgIpc) is 3.33. The van der Waals surface area contributed by atoms with Gasteiger partial charge in [-0.3, -0.25) is 14.6 Å². The molecule has 0 aliphatic rings. The third-order valence-electron chi connectivity index (χ3n) is 6.09. The number of nitrogens with zero attached hydrogens (tertiary/aromatic N) is 3. The van der Waals surface area contributed by atoms with E-state index in [-0.39, 0.29) is 35.6 Å². The number of amides is 2. The van der Waals surface area contributed by atoms with Crippen LogP contribution in [0.5, 0.6) is 0 Å². The number of rotatable bonds is 11. The number of aryl methyl sites for hydroxylation is 2. The normalized spacial score (nSPS) is 11.6. The number of aromatic amines is 1. The molecule has 3 aromatic heterocycles. The molecule has 2 amide bonds. The molecule has 0 radical (unpaired) electrons. The number of carboxylic acids is 2. The molecule has 1 atom stereocenters. The number of nitrogens with two attached hydrogens (primary N) is 2. The largest absolute Gasteiger partial charge is 0.480 e. The summed E-state index contributed by atoms with van der Waals surface area (Å²) in [4.78, 5) is 62.6. The van der Waals surface area contributed by atoms with Gasteiger partial charge in [-0.05, 0) is 48.6 Å². The second-order valence-corrected chi connectivity index (χ2v) is 8.92. The Labute approximate surface area is 226 Å². The van der Waals surface area contributed by atoms with Crippen LogP contribution < -0.4 is 22.1 Å². The van der Waals surface area contributed by atoms with Crippen molar-refractivity contribution in [1.82, 2.24) is 25.3 Å². The molecular formula is C26H26N8O6. The van der Waals surface area contributed by atoms with E-state index in [1.54, 1.807) is 30.5 Å². The number of nitrogen functional groups attached to an aromatic ring is 2. The van der Waals surface area contributed by atoms with E-state index in [1.807, 2.05) is 0 Å². The Hall–Kier alpha value is -5.53. The van der Waals surface area contributed by atoms with Gasteiger partial charge in [0.05, 0.1) is 22.8 Å². The summed E-state index contributed by atoms with van der Waals surface area (Å²) in [7, 11) is 0. The lowest BCUT2D eigenvalue weighted by molar-refractivity contribution is -0.139. The summed E-state index contributed by atoms with van der Waals surface area (Å²) in [5, 5.41) is 24.2. The van der Waals surface area contributed by atoms with Crippen molar-refractivity contribution in [2.24, 2.45) is 0 Å². The van der Waals surface area contributed by atoms with Gasteiger partial charge in [-0.25, -0.2) is 9.59 Å². The summed E-state index contributed by atoms with van der Waals surface area (Å²) >= 11 is 0. The van der Waals surface area contributed by atoms with Gasteiger partial charge in [0, 0.05) is 24.4 Å². The highest BCUT2D eigenvalue weighted by molar-refractivity contribution is 5.97. The van der Waals surface area contributed by atoms with E-state index in [2.05, 4.69) is 30.6 Å². The molecule has 1 aromatic carbocycles. The van der Waals surface area contributed by atoms with Crippen LogP contribution in [0.3, 0.4) is 0 Å². The fraction of sp³-hybridized carbons (Fsp3) is 0.192. The molecule has 4 rings (SSSR count). The van der Waals surface area contributed by atoms with Gasteiger partial charge in [0.1, 0.15) is 17.5 Å². The summed E-state index contributed by atoms with van der Waals surface area (Å²) in [5.74, 6) is -3.28. The van der Waals surface area contributed by atoms with E-state index in [0.717, 1.165) is 17.3 Å². The predicted octanol–water partition coefficient (Wildman–Crippen LogP) is 1.60. The van der Waals surface area contributed by atoms with E-state index in [1.165, 1.54) is 12.3 Å². The van der Waals surface area contributed by atoms with Gasteiger partial charge < -0.3 is 37.3 Å². The number of pyridine rings is 1. The number of fused-ring (bicyclic) bond motifs is 1. The zero-order chi connectivity index (χ0) is 28.8. The van der Waals surface area contributed by atoms with E-state index in [4.69, 9.17) is 16.6 Å². The van der Waals surface area contributed by atoms with Gasteiger partial charge in [0.25, 0.3) is 5.91 Å². The summed E-state index contributed by atoms with van der Waals surface area (Å²) in [6.45, 7) is 0. The van der Waals surface area contributed by atoms with Crippen LogP contribution >= 0.6 is 0 Å². The first-order valence-electron chi connectivity index (χ1n) is 12.1. The number of hydrogen-bond acceptors (Lipinski definition) is 9. The Balaban J connectivity index is 1.31. The minimum absolute atomic E-state index is 0.0847. The number of hydrogen-bond donors (Lipinski definition) is 7. The molecular weight excluding hydrogens is 520 g/mol. The highest BCUT2D eigenvalue weighted by atomic mass is 16.4. The van der Waals surface area contributed by atoms with Gasteiger partial charge in [-0.1, -0.05) is 12.1 Å². The number of anilines is 3. The molecule has 14 heteroatoms. The first-order valence-corrected chi connectivity index (χ1v) is 12.1. The molecule has 14 nitrogen and oxygen atoms in total. The number of carbonyl (C=O) groups is 4. The summed E-state index contributed by atoms with van der Waals surface area (Å²) in [6.07, 6.45) is 5.05. The Morgan fingerprint density at radius 3 is 2.42 bits per heavy atom. The molecule has 0 saturated carbocycles. The highest BCUT2D eigenvalue weighted by Crippen LogP contribution is 2.24. The van der Waals surface area contributed by atoms with E-state index in [0.29, 0.717) is 29.7 Å². The molecule has 0 saturated heterocycles. The molecule has 4 aromatic rings. The van der Waals surface area contributed by atoms with Gasteiger partial charge in [-0.2, -0.15) is 9.97 Å². The second-order valence-electron chi connectivity index (χ2n) is 8.92. The Morgan fingerprint density at radius 2 is 1.73 bits per heavy atom. The quantitative estimate of drug-likeness (QED) is 0.142. The van der Waals surface area contributed by atoms with Crippen LogP contribution in [0.2, 0.25) is 0 Å². The van der Waals surface area contributed by atoms with Crippen LogP contribution in [-0.2, 0) is 22.4 Å². The van der Waals surface area contributed by atoms with E-state index >= 15 is 0 Å². The van der Waals surface area contributed by atoms with Crippen molar-refractivity contribution in [2.75, 3.05) is 16.8 Å².